The maximum Gasteiger partial charge on any atom is 0.331 e. The molecule has 0 radical (unpaired) electrons. The van der Waals surface area contributed by atoms with E-state index in [4.69, 9.17) is 5.10 Å². The molecule has 5 rings (SSSR count). The molecular formula is C23H20N4O2. The van der Waals surface area contributed by atoms with Crippen LogP contribution in [0.4, 0.5) is 0 Å². The van der Waals surface area contributed by atoms with E-state index in [1.165, 1.54) is 7.05 Å². The number of hydrogen-bond donors (Lipinski definition) is 0. The van der Waals surface area contributed by atoms with Crippen molar-refractivity contribution in [3.8, 4) is 0 Å². The van der Waals surface area contributed by atoms with E-state index < -0.39 is 0 Å². The van der Waals surface area contributed by atoms with Crippen LogP contribution in [0, 0.1) is 0 Å². The summed E-state index contributed by atoms with van der Waals surface area (Å²) in [5.41, 5.74) is 4.04. The molecule has 144 valence electrons. The minimum atomic E-state index is -0.332. The number of rotatable bonds is 2. The first kappa shape index (κ1) is 17.4. The molecule has 4 aromatic rings. The third kappa shape index (κ3) is 2.60. The van der Waals surface area contributed by atoms with E-state index in [0.717, 1.165) is 27.1 Å². The van der Waals surface area contributed by atoms with E-state index in [1.54, 1.807) is 22.5 Å². The van der Waals surface area contributed by atoms with Gasteiger partial charge in [0.2, 0.25) is 0 Å². The van der Waals surface area contributed by atoms with Gasteiger partial charge in [0.1, 0.15) is 0 Å². The van der Waals surface area contributed by atoms with Gasteiger partial charge in [-0.2, -0.15) is 5.10 Å². The molecule has 0 saturated carbocycles. The molecule has 2 aromatic heterocycles. The molecule has 29 heavy (non-hydrogen) atoms. The van der Waals surface area contributed by atoms with Crippen molar-refractivity contribution >= 4 is 16.6 Å². The van der Waals surface area contributed by atoms with E-state index in [0.29, 0.717) is 17.3 Å². The Bertz CT molecular complexity index is 1380. The van der Waals surface area contributed by atoms with Crippen LogP contribution in [-0.4, -0.2) is 19.5 Å². The minimum absolute atomic E-state index is 0.0147. The first-order valence-electron chi connectivity index (χ1n) is 9.55. The SMILES string of the molecule is Cn1c(=O)c2cn3c(c2n(C)c1=O)[C@@H](c1ccccc1)CC(c1ccccc1)=N3. The molecule has 6 heteroatoms. The molecule has 1 aliphatic heterocycles. The Morgan fingerprint density at radius 2 is 1.55 bits per heavy atom. The zero-order chi connectivity index (χ0) is 20.1. The van der Waals surface area contributed by atoms with Gasteiger partial charge in [0.05, 0.1) is 22.3 Å². The van der Waals surface area contributed by atoms with Crippen molar-refractivity contribution in [3.05, 3.63) is 105 Å². The minimum Gasteiger partial charge on any atom is -0.294 e. The van der Waals surface area contributed by atoms with E-state index >= 15 is 0 Å². The Labute approximate surface area is 167 Å². The molecule has 0 fully saturated rings. The van der Waals surface area contributed by atoms with E-state index in [-0.39, 0.29) is 17.2 Å². The standard InChI is InChI=1S/C23H20N4O2/c1-25-20-18(22(28)26(2)23(25)29)14-27-21(20)17(15-9-5-3-6-10-15)13-19(24-27)16-11-7-4-8-12-16/h3-12,14,17H,13H2,1-2H3/t17-/m1/s1. The normalized spacial score (nSPS) is 15.9. The summed E-state index contributed by atoms with van der Waals surface area (Å²) >= 11 is 0. The molecule has 0 bridgehead atoms. The summed E-state index contributed by atoms with van der Waals surface area (Å²) in [5, 5.41) is 5.34. The zero-order valence-electron chi connectivity index (χ0n) is 16.2. The van der Waals surface area contributed by atoms with Gasteiger partial charge in [0.15, 0.2) is 0 Å². The average molecular weight is 384 g/mol. The highest BCUT2D eigenvalue weighted by Gasteiger charge is 2.30. The van der Waals surface area contributed by atoms with Crippen LogP contribution < -0.4 is 11.2 Å². The molecule has 0 aliphatic carbocycles. The highest BCUT2D eigenvalue weighted by atomic mass is 16.2. The smallest absolute Gasteiger partial charge is 0.294 e. The number of hydrogen-bond acceptors (Lipinski definition) is 3. The highest BCUT2D eigenvalue weighted by Crippen LogP contribution is 2.37. The molecule has 0 unspecified atom stereocenters. The molecule has 0 N–H and O–H groups in total. The van der Waals surface area contributed by atoms with Gasteiger partial charge >= 0.3 is 5.69 Å². The van der Waals surface area contributed by atoms with E-state index in [2.05, 4.69) is 12.1 Å². The predicted octanol–water partition coefficient (Wildman–Crippen LogP) is 2.83. The second kappa shape index (κ2) is 6.44. The van der Waals surface area contributed by atoms with Crippen molar-refractivity contribution in [3.63, 3.8) is 0 Å². The van der Waals surface area contributed by atoms with Crippen molar-refractivity contribution in [2.75, 3.05) is 0 Å². The molecule has 1 atom stereocenters. The van der Waals surface area contributed by atoms with Crippen LogP contribution in [0.1, 0.15) is 29.2 Å². The second-order valence-electron chi connectivity index (χ2n) is 7.41. The average Bonchev–Trinajstić information content (AvgIpc) is 3.16. The largest absolute Gasteiger partial charge is 0.331 e. The van der Waals surface area contributed by atoms with Crippen molar-refractivity contribution in [2.24, 2.45) is 19.2 Å². The fourth-order valence-electron chi connectivity index (χ4n) is 4.23. The maximum atomic E-state index is 12.8. The van der Waals surface area contributed by atoms with Crippen molar-refractivity contribution < 1.29 is 0 Å². The van der Waals surface area contributed by atoms with Crippen LogP contribution >= 0.6 is 0 Å². The topological polar surface area (TPSA) is 61.3 Å². The number of aromatic nitrogens is 3. The Morgan fingerprint density at radius 3 is 2.24 bits per heavy atom. The lowest BCUT2D eigenvalue weighted by molar-refractivity contribution is 0.678. The molecule has 0 amide bonds. The number of aryl methyl sites for hydroxylation is 1. The molecule has 0 spiro atoms. The first-order chi connectivity index (χ1) is 14.1. The first-order valence-corrected chi connectivity index (χ1v) is 9.55. The van der Waals surface area contributed by atoms with Crippen molar-refractivity contribution in [2.45, 2.75) is 12.3 Å². The van der Waals surface area contributed by atoms with Gasteiger partial charge in [-0.05, 0) is 11.1 Å². The van der Waals surface area contributed by atoms with Crippen LogP contribution in [0.25, 0.3) is 10.9 Å². The molecule has 3 heterocycles. The van der Waals surface area contributed by atoms with Gasteiger partial charge in [-0.3, -0.25) is 13.9 Å². The van der Waals surface area contributed by atoms with Gasteiger partial charge in [0.25, 0.3) is 5.56 Å². The predicted molar refractivity (Wildman–Crippen MR) is 114 cm³/mol. The highest BCUT2D eigenvalue weighted by molar-refractivity contribution is 6.02. The molecule has 1 aliphatic rings. The monoisotopic (exact) mass is 384 g/mol. The molecule has 0 saturated heterocycles. The second-order valence-corrected chi connectivity index (χ2v) is 7.41. The molecule has 6 nitrogen and oxygen atoms in total. The van der Waals surface area contributed by atoms with Gasteiger partial charge in [-0.1, -0.05) is 60.7 Å². The van der Waals surface area contributed by atoms with Gasteiger partial charge in [-0.15, -0.1) is 0 Å². The summed E-state index contributed by atoms with van der Waals surface area (Å²) < 4.78 is 4.49. The van der Waals surface area contributed by atoms with Crippen molar-refractivity contribution in [1.29, 1.82) is 0 Å². The number of nitrogens with zero attached hydrogens (tertiary/aromatic N) is 4. The molecular weight excluding hydrogens is 364 g/mol. The third-order valence-corrected chi connectivity index (χ3v) is 5.71. The lowest BCUT2D eigenvalue weighted by Crippen LogP contribution is -2.36. The van der Waals surface area contributed by atoms with E-state index in [1.807, 2.05) is 48.5 Å². The Morgan fingerprint density at radius 1 is 0.897 bits per heavy atom. The lowest BCUT2D eigenvalue weighted by Gasteiger charge is -2.25. The lowest BCUT2D eigenvalue weighted by atomic mass is 9.87. The summed E-state index contributed by atoms with van der Waals surface area (Å²) in [7, 11) is 3.22. The van der Waals surface area contributed by atoms with Gasteiger partial charge < -0.3 is 0 Å². The quantitative estimate of drug-likeness (QED) is 0.534. The zero-order valence-corrected chi connectivity index (χ0v) is 16.2. The van der Waals surface area contributed by atoms with Crippen LogP contribution in [-0.2, 0) is 14.1 Å². The van der Waals surface area contributed by atoms with Crippen LogP contribution in [0.15, 0.2) is 81.6 Å². The number of benzene rings is 2. The Hall–Kier alpha value is -3.67. The van der Waals surface area contributed by atoms with Crippen LogP contribution in [0.2, 0.25) is 0 Å². The van der Waals surface area contributed by atoms with Gasteiger partial charge in [-0.25, -0.2) is 9.47 Å². The maximum absolute atomic E-state index is 12.8. The van der Waals surface area contributed by atoms with Gasteiger partial charge in [0, 0.05) is 32.6 Å². The Balaban J connectivity index is 1.86. The summed E-state index contributed by atoms with van der Waals surface area (Å²) in [6, 6.07) is 20.2. The summed E-state index contributed by atoms with van der Waals surface area (Å²) in [6.07, 6.45) is 2.45. The summed E-state index contributed by atoms with van der Waals surface area (Å²) in [5.74, 6) is -0.0147. The molecule has 2 aromatic carbocycles. The van der Waals surface area contributed by atoms with Crippen molar-refractivity contribution in [1.82, 2.24) is 13.8 Å². The van der Waals surface area contributed by atoms with Crippen LogP contribution in [0.3, 0.4) is 0 Å². The van der Waals surface area contributed by atoms with E-state index in [9.17, 15) is 9.59 Å². The summed E-state index contributed by atoms with van der Waals surface area (Å²) in [4.78, 5) is 25.4. The fraction of sp³-hybridized carbons (Fsp3) is 0.174. The third-order valence-electron chi connectivity index (χ3n) is 5.71. The fourth-order valence-corrected chi connectivity index (χ4v) is 4.23. The summed E-state index contributed by atoms with van der Waals surface area (Å²) in [6.45, 7) is 0. The Kier molecular flexibility index (Phi) is 3.87. The van der Waals surface area contributed by atoms with Crippen LogP contribution in [0.5, 0.6) is 0 Å². The number of fused-ring (bicyclic) bond motifs is 3.